The number of hydrogen-bond acceptors (Lipinski definition) is 5. The van der Waals surface area contributed by atoms with E-state index < -0.39 is 35.6 Å². The lowest BCUT2D eigenvalue weighted by Gasteiger charge is -2.38. The van der Waals surface area contributed by atoms with Crippen LogP contribution >= 0.6 is 0 Å². The SMILES string of the molecule is C=CCN(C(=O)C1N(CCCCCCO)C(=O)[C@@H]2[C@H](C(=O)O)[C@@H]3CCC12O3)C(C)C. The number of fused-ring (bicyclic) bond motifs is 1. The summed E-state index contributed by atoms with van der Waals surface area (Å²) in [6.45, 7) is 8.46. The Morgan fingerprint density at radius 1 is 1.33 bits per heavy atom. The molecule has 30 heavy (non-hydrogen) atoms. The summed E-state index contributed by atoms with van der Waals surface area (Å²) in [5.41, 5.74) is -1.05. The van der Waals surface area contributed by atoms with E-state index in [1.807, 2.05) is 13.8 Å². The number of aliphatic hydroxyl groups excluding tert-OH is 1. The van der Waals surface area contributed by atoms with Gasteiger partial charge in [-0.15, -0.1) is 6.58 Å². The molecule has 1 spiro atoms. The van der Waals surface area contributed by atoms with Crippen LogP contribution in [0.15, 0.2) is 12.7 Å². The van der Waals surface area contributed by atoms with Gasteiger partial charge >= 0.3 is 5.97 Å². The molecular formula is C22H34N2O6. The molecule has 0 radical (unpaired) electrons. The highest BCUT2D eigenvalue weighted by molar-refractivity contribution is 5.98. The predicted octanol–water partition coefficient (Wildman–Crippen LogP) is 1.42. The van der Waals surface area contributed by atoms with Crippen molar-refractivity contribution in [2.75, 3.05) is 19.7 Å². The maximum atomic E-state index is 13.7. The number of likely N-dealkylation sites (tertiary alicyclic amines) is 1. The molecule has 3 aliphatic rings. The highest BCUT2D eigenvalue weighted by Crippen LogP contribution is 2.58. The minimum absolute atomic E-state index is 0.0821. The lowest BCUT2D eigenvalue weighted by molar-refractivity contribution is -0.151. The van der Waals surface area contributed by atoms with E-state index in [0.29, 0.717) is 38.8 Å². The van der Waals surface area contributed by atoms with E-state index in [1.54, 1.807) is 15.9 Å². The second-order valence-corrected chi connectivity index (χ2v) is 8.94. The van der Waals surface area contributed by atoms with Crippen LogP contribution in [0.25, 0.3) is 0 Å². The third kappa shape index (κ3) is 3.64. The maximum Gasteiger partial charge on any atom is 0.310 e. The summed E-state index contributed by atoms with van der Waals surface area (Å²) in [5, 5.41) is 18.7. The number of carboxylic acids is 1. The fraction of sp³-hybridized carbons (Fsp3) is 0.773. The molecule has 0 saturated carbocycles. The molecule has 2 amide bonds. The molecule has 0 aromatic rings. The molecular weight excluding hydrogens is 388 g/mol. The van der Waals surface area contributed by atoms with Gasteiger partial charge in [0.2, 0.25) is 11.8 Å². The number of nitrogens with zero attached hydrogens (tertiary/aromatic N) is 2. The number of aliphatic carboxylic acids is 1. The van der Waals surface area contributed by atoms with E-state index >= 15 is 0 Å². The van der Waals surface area contributed by atoms with Crippen molar-refractivity contribution in [2.45, 2.75) is 76.2 Å². The van der Waals surface area contributed by atoms with E-state index in [-0.39, 0.29) is 24.5 Å². The monoisotopic (exact) mass is 422 g/mol. The summed E-state index contributed by atoms with van der Waals surface area (Å²) in [4.78, 5) is 42.3. The van der Waals surface area contributed by atoms with Crippen molar-refractivity contribution >= 4 is 17.8 Å². The normalized spacial score (nSPS) is 32.0. The first-order valence-electron chi connectivity index (χ1n) is 11.0. The summed E-state index contributed by atoms with van der Waals surface area (Å²) in [7, 11) is 0. The molecule has 168 valence electrons. The third-order valence-electron chi connectivity index (χ3n) is 6.86. The molecule has 2 N–H and O–H groups in total. The topological polar surface area (TPSA) is 107 Å². The van der Waals surface area contributed by atoms with Crippen LogP contribution in [0.1, 0.15) is 52.4 Å². The van der Waals surface area contributed by atoms with Crippen molar-refractivity contribution in [3.63, 3.8) is 0 Å². The van der Waals surface area contributed by atoms with Crippen LogP contribution in [0.2, 0.25) is 0 Å². The zero-order valence-electron chi connectivity index (χ0n) is 18.0. The maximum absolute atomic E-state index is 13.7. The van der Waals surface area contributed by atoms with Crippen LogP contribution in [0.3, 0.4) is 0 Å². The Labute approximate surface area is 177 Å². The number of amides is 2. The van der Waals surface area contributed by atoms with Gasteiger partial charge in [0.25, 0.3) is 0 Å². The van der Waals surface area contributed by atoms with Gasteiger partial charge in [-0.3, -0.25) is 14.4 Å². The quantitative estimate of drug-likeness (QED) is 0.385. The van der Waals surface area contributed by atoms with Crippen molar-refractivity contribution in [3.8, 4) is 0 Å². The minimum atomic E-state index is -1.05. The second-order valence-electron chi connectivity index (χ2n) is 8.94. The number of carboxylic acid groups (broad SMARTS) is 1. The molecule has 3 fully saturated rings. The zero-order chi connectivity index (χ0) is 22.1. The number of aliphatic hydroxyl groups is 1. The van der Waals surface area contributed by atoms with Crippen LogP contribution in [-0.4, -0.2) is 81.3 Å². The van der Waals surface area contributed by atoms with Crippen LogP contribution in [0.5, 0.6) is 0 Å². The molecule has 0 aliphatic carbocycles. The van der Waals surface area contributed by atoms with Crippen molar-refractivity contribution in [2.24, 2.45) is 11.8 Å². The van der Waals surface area contributed by atoms with Crippen molar-refractivity contribution in [3.05, 3.63) is 12.7 Å². The van der Waals surface area contributed by atoms with Gasteiger partial charge < -0.3 is 24.7 Å². The van der Waals surface area contributed by atoms with E-state index in [2.05, 4.69) is 6.58 Å². The van der Waals surface area contributed by atoms with E-state index in [4.69, 9.17) is 9.84 Å². The zero-order valence-corrected chi connectivity index (χ0v) is 18.0. The molecule has 2 unspecified atom stereocenters. The van der Waals surface area contributed by atoms with Gasteiger partial charge in [0.1, 0.15) is 11.6 Å². The van der Waals surface area contributed by atoms with Gasteiger partial charge in [0.05, 0.1) is 17.9 Å². The predicted molar refractivity (Wildman–Crippen MR) is 110 cm³/mol. The summed E-state index contributed by atoms with van der Waals surface area (Å²) in [5.74, 6) is -3.19. The van der Waals surface area contributed by atoms with Gasteiger partial charge in [-0.1, -0.05) is 18.9 Å². The standard InChI is InChI=1S/C22H34N2O6/c1-4-11-23(14(2)3)20(27)18-22-10-9-15(30-22)16(21(28)29)17(22)19(26)24(18)12-7-5-6-8-13-25/h4,14-18,25H,1,5-13H2,2-3H3,(H,28,29)/t15-,16+,17-,18?,22?/m0/s1. The number of ether oxygens (including phenoxy) is 1. The van der Waals surface area contributed by atoms with Crippen LogP contribution < -0.4 is 0 Å². The van der Waals surface area contributed by atoms with Gasteiger partial charge in [-0.2, -0.15) is 0 Å². The highest BCUT2D eigenvalue weighted by Gasteiger charge is 2.74. The Bertz CT molecular complexity index is 695. The first-order chi connectivity index (χ1) is 14.3. The van der Waals surface area contributed by atoms with Gasteiger partial charge in [-0.25, -0.2) is 0 Å². The van der Waals surface area contributed by atoms with E-state index in [0.717, 1.165) is 12.8 Å². The first kappa shape index (κ1) is 22.7. The van der Waals surface area contributed by atoms with Crippen LogP contribution in [0.4, 0.5) is 0 Å². The second kappa shape index (κ2) is 9.06. The number of rotatable bonds is 11. The molecule has 3 saturated heterocycles. The Hall–Kier alpha value is -1.93. The summed E-state index contributed by atoms with van der Waals surface area (Å²) >= 11 is 0. The van der Waals surface area contributed by atoms with Crippen LogP contribution in [0, 0.1) is 11.8 Å². The van der Waals surface area contributed by atoms with Crippen LogP contribution in [-0.2, 0) is 19.1 Å². The molecule has 8 nitrogen and oxygen atoms in total. The molecule has 0 aromatic heterocycles. The molecule has 0 aromatic carbocycles. The van der Waals surface area contributed by atoms with Gasteiger partial charge in [-0.05, 0) is 39.5 Å². The average molecular weight is 423 g/mol. The van der Waals surface area contributed by atoms with Crippen molar-refractivity contribution in [1.29, 1.82) is 0 Å². The van der Waals surface area contributed by atoms with E-state index in [9.17, 15) is 19.5 Å². The molecule has 3 aliphatic heterocycles. The summed E-state index contributed by atoms with van der Waals surface area (Å²) < 4.78 is 6.20. The molecule has 8 heteroatoms. The third-order valence-corrected chi connectivity index (χ3v) is 6.86. The lowest BCUT2D eigenvalue weighted by atomic mass is 9.70. The fourth-order valence-corrected chi connectivity index (χ4v) is 5.55. The molecule has 5 atom stereocenters. The number of carbonyl (C=O) groups is 3. The van der Waals surface area contributed by atoms with Gasteiger partial charge in [0, 0.05) is 25.7 Å². The molecule has 2 bridgehead atoms. The Morgan fingerprint density at radius 3 is 2.63 bits per heavy atom. The number of carbonyl (C=O) groups excluding carboxylic acids is 2. The molecule has 3 rings (SSSR count). The lowest BCUT2D eigenvalue weighted by Crippen LogP contribution is -2.57. The Balaban J connectivity index is 1.92. The Kier molecular flexibility index (Phi) is 6.87. The fourth-order valence-electron chi connectivity index (χ4n) is 5.55. The Morgan fingerprint density at radius 2 is 2.03 bits per heavy atom. The minimum Gasteiger partial charge on any atom is -0.481 e. The average Bonchev–Trinajstić information content (AvgIpc) is 3.33. The number of unbranched alkanes of at least 4 members (excludes halogenated alkanes) is 3. The van der Waals surface area contributed by atoms with Gasteiger partial charge in [0.15, 0.2) is 0 Å². The summed E-state index contributed by atoms with van der Waals surface area (Å²) in [6, 6.07) is -0.883. The smallest absolute Gasteiger partial charge is 0.310 e. The van der Waals surface area contributed by atoms with E-state index in [1.165, 1.54) is 0 Å². The van der Waals surface area contributed by atoms with Crippen molar-refractivity contribution < 1.29 is 29.3 Å². The van der Waals surface area contributed by atoms with Crippen molar-refractivity contribution in [1.82, 2.24) is 9.80 Å². The summed E-state index contributed by atoms with van der Waals surface area (Å²) in [6.07, 6.45) is 5.30. The number of hydrogen-bond donors (Lipinski definition) is 2. The first-order valence-corrected chi connectivity index (χ1v) is 11.0. The largest absolute Gasteiger partial charge is 0.481 e. The highest BCUT2D eigenvalue weighted by atomic mass is 16.5. The molecule has 3 heterocycles.